The molecule has 2 aliphatic heterocycles. The molecule has 1 aliphatic carbocycles. The fourth-order valence-corrected chi connectivity index (χ4v) is 4.84. The third-order valence-corrected chi connectivity index (χ3v) is 6.70. The van der Waals surface area contributed by atoms with Crippen molar-refractivity contribution in [2.24, 2.45) is 11.3 Å². The number of carboxylic acid groups (broad SMARTS) is 1. The zero-order valence-corrected chi connectivity index (χ0v) is 16.0. The highest BCUT2D eigenvalue weighted by Gasteiger charge is 2.51. The molecule has 2 heterocycles. The van der Waals surface area contributed by atoms with Crippen molar-refractivity contribution in [1.29, 1.82) is 0 Å². The fraction of sp³-hybridized carbons (Fsp3) is 0.636. The number of carboxylic acids is 1. The molecule has 146 valence electrons. The van der Waals surface area contributed by atoms with Crippen LogP contribution in [0.15, 0.2) is 30.3 Å². The van der Waals surface area contributed by atoms with Crippen molar-refractivity contribution in [2.45, 2.75) is 51.0 Å². The lowest BCUT2D eigenvalue weighted by Gasteiger charge is -2.39. The van der Waals surface area contributed by atoms with E-state index < -0.39 is 12.0 Å². The summed E-state index contributed by atoms with van der Waals surface area (Å²) in [4.78, 5) is 28.5. The Morgan fingerprint density at radius 2 is 1.81 bits per heavy atom. The minimum atomic E-state index is -0.828. The Hall–Kier alpha value is -1.88. The number of likely N-dealkylation sites (tertiary alicyclic amines) is 2. The SMILES string of the molecule is O=C(O)[C@@H]1CC2(CCN(CCCc3ccccc3)CC2)CN1C(=O)C1CC1. The molecule has 0 unspecified atom stereocenters. The van der Waals surface area contributed by atoms with Crippen molar-refractivity contribution in [3.63, 3.8) is 0 Å². The molecule has 5 heteroatoms. The first kappa shape index (κ1) is 18.5. The van der Waals surface area contributed by atoms with Crippen LogP contribution in [0.1, 0.15) is 44.1 Å². The summed E-state index contributed by atoms with van der Waals surface area (Å²) in [5, 5.41) is 9.62. The predicted molar refractivity (Wildman–Crippen MR) is 103 cm³/mol. The number of benzene rings is 1. The molecule has 3 aliphatic rings. The molecule has 3 fully saturated rings. The van der Waals surface area contributed by atoms with Crippen LogP contribution in [-0.4, -0.2) is 59.0 Å². The molecule has 1 saturated carbocycles. The number of nitrogens with zero attached hydrogens (tertiary/aromatic N) is 2. The molecule has 1 atom stereocenters. The second kappa shape index (κ2) is 7.63. The second-order valence-electron chi connectivity index (χ2n) is 8.73. The van der Waals surface area contributed by atoms with Crippen LogP contribution in [0.25, 0.3) is 0 Å². The molecule has 27 heavy (non-hydrogen) atoms. The summed E-state index contributed by atoms with van der Waals surface area (Å²) < 4.78 is 0. The first-order valence-corrected chi connectivity index (χ1v) is 10.4. The lowest BCUT2D eigenvalue weighted by Crippen LogP contribution is -2.43. The minimum absolute atomic E-state index is 0.0174. The maximum Gasteiger partial charge on any atom is 0.326 e. The summed E-state index contributed by atoms with van der Waals surface area (Å²) >= 11 is 0. The first-order chi connectivity index (χ1) is 13.1. The van der Waals surface area contributed by atoms with Gasteiger partial charge < -0.3 is 14.9 Å². The largest absolute Gasteiger partial charge is 0.480 e. The van der Waals surface area contributed by atoms with E-state index in [-0.39, 0.29) is 17.2 Å². The Morgan fingerprint density at radius 1 is 1.11 bits per heavy atom. The topological polar surface area (TPSA) is 60.9 Å². The van der Waals surface area contributed by atoms with Crippen molar-refractivity contribution in [1.82, 2.24) is 9.80 Å². The van der Waals surface area contributed by atoms with E-state index in [9.17, 15) is 14.7 Å². The van der Waals surface area contributed by atoms with Crippen molar-refractivity contribution in [2.75, 3.05) is 26.2 Å². The summed E-state index contributed by atoms with van der Waals surface area (Å²) in [6, 6.07) is 9.99. The van der Waals surface area contributed by atoms with Gasteiger partial charge in [-0.15, -0.1) is 0 Å². The molecule has 1 aromatic carbocycles. The number of piperidine rings is 1. The highest BCUT2D eigenvalue weighted by Crippen LogP contribution is 2.45. The quantitative estimate of drug-likeness (QED) is 0.836. The van der Waals surface area contributed by atoms with E-state index in [4.69, 9.17) is 0 Å². The predicted octanol–water partition coefficient (Wildman–Crippen LogP) is 2.80. The van der Waals surface area contributed by atoms with Crippen molar-refractivity contribution in [3.8, 4) is 0 Å². The summed E-state index contributed by atoms with van der Waals surface area (Å²) in [5.74, 6) is -0.643. The molecule has 4 rings (SSSR count). The number of carbonyl (C=O) groups is 2. The molecule has 1 amide bonds. The third-order valence-electron chi connectivity index (χ3n) is 6.70. The average Bonchev–Trinajstić information content (AvgIpc) is 3.46. The molecular weight excluding hydrogens is 340 g/mol. The standard InChI is InChI=1S/C22H30N2O3/c25-20(18-8-9-18)24-16-22(15-19(24)21(26)27)10-13-23(14-11-22)12-4-7-17-5-2-1-3-6-17/h1-3,5-6,18-19H,4,7-16H2,(H,26,27)/t19-/m0/s1. The summed E-state index contributed by atoms with van der Waals surface area (Å²) in [5.41, 5.74) is 1.41. The smallest absolute Gasteiger partial charge is 0.326 e. The molecule has 1 N–H and O–H groups in total. The van der Waals surface area contributed by atoms with Gasteiger partial charge >= 0.3 is 5.97 Å². The van der Waals surface area contributed by atoms with Gasteiger partial charge in [-0.3, -0.25) is 4.79 Å². The van der Waals surface area contributed by atoms with Crippen molar-refractivity contribution in [3.05, 3.63) is 35.9 Å². The highest BCUT2D eigenvalue weighted by atomic mass is 16.4. The number of rotatable bonds is 6. The molecule has 0 radical (unpaired) electrons. The normalized spacial score (nSPS) is 25.0. The number of aliphatic carboxylic acids is 1. The first-order valence-electron chi connectivity index (χ1n) is 10.4. The van der Waals surface area contributed by atoms with Crippen molar-refractivity contribution >= 4 is 11.9 Å². The number of aryl methyl sites for hydroxylation is 1. The summed E-state index contributed by atoms with van der Waals surface area (Å²) in [6.45, 7) is 3.79. The summed E-state index contributed by atoms with van der Waals surface area (Å²) in [6.07, 6.45) is 6.79. The van der Waals surface area contributed by atoms with E-state index in [0.29, 0.717) is 13.0 Å². The number of amides is 1. The van der Waals surface area contributed by atoms with E-state index in [1.807, 2.05) is 0 Å². The number of hydrogen-bond acceptors (Lipinski definition) is 3. The van der Waals surface area contributed by atoms with E-state index in [1.54, 1.807) is 4.90 Å². The molecule has 1 spiro atoms. The van der Waals surface area contributed by atoms with Gasteiger partial charge in [0.25, 0.3) is 0 Å². The lowest BCUT2D eigenvalue weighted by atomic mass is 9.76. The molecule has 0 bridgehead atoms. The zero-order valence-electron chi connectivity index (χ0n) is 16.0. The van der Waals surface area contributed by atoms with E-state index in [1.165, 1.54) is 5.56 Å². The van der Waals surface area contributed by atoms with Gasteiger partial charge in [0, 0.05) is 12.5 Å². The Balaban J connectivity index is 1.28. The molecule has 2 saturated heterocycles. The Kier molecular flexibility index (Phi) is 5.22. The van der Waals surface area contributed by atoms with Gasteiger partial charge in [-0.2, -0.15) is 0 Å². The molecule has 0 aromatic heterocycles. The van der Waals surface area contributed by atoms with Gasteiger partial charge in [0.15, 0.2) is 0 Å². The van der Waals surface area contributed by atoms with Crippen LogP contribution in [0.2, 0.25) is 0 Å². The van der Waals surface area contributed by atoms with E-state index >= 15 is 0 Å². The van der Waals surface area contributed by atoms with Gasteiger partial charge in [0.05, 0.1) is 0 Å². The van der Waals surface area contributed by atoms with Gasteiger partial charge in [-0.25, -0.2) is 4.79 Å². The van der Waals surface area contributed by atoms with E-state index in [0.717, 1.165) is 58.2 Å². The molecular formula is C22H30N2O3. The zero-order chi connectivity index (χ0) is 18.9. The third kappa shape index (κ3) is 4.18. The van der Waals surface area contributed by atoms with Crippen LogP contribution in [-0.2, 0) is 16.0 Å². The van der Waals surface area contributed by atoms with Gasteiger partial charge in [-0.05, 0) is 75.6 Å². The fourth-order valence-electron chi connectivity index (χ4n) is 4.84. The summed E-state index contributed by atoms with van der Waals surface area (Å²) in [7, 11) is 0. The van der Waals surface area contributed by atoms with Gasteiger partial charge in [0.1, 0.15) is 6.04 Å². The van der Waals surface area contributed by atoms with E-state index in [2.05, 4.69) is 35.2 Å². The van der Waals surface area contributed by atoms with Crippen LogP contribution < -0.4 is 0 Å². The molecule has 5 nitrogen and oxygen atoms in total. The van der Waals surface area contributed by atoms with Gasteiger partial charge in [0.2, 0.25) is 5.91 Å². The maximum atomic E-state index is 12.5. The minimum Gasteiger partial charge on any atom is -0.480 e. The van der Waals surface area contributed by atoms with Crippen LogP contribution in [0.3, 0.4) is 0 Å². The van der Waals surface area contributed by atoms with Crippen molar-refractivity contribution < 1.29 is 14.7 Å². The maximum absolute atomic E-state index is 12.5. The van der Waals surface area contributed by atoms with Gasteiger partial charge in [-0.1, -0.05) is 30.3 Å². The lowest BCUT2D eigenvalue weighted by molar-refractivity contribution is -0.148. The Labute approximate surface area is 161 Å². The number of hydrogen-bond donors (Lipinski definition) is 1. The Morgan fingerprint density at radius 3 is 2.44 bits per heavy atom. The van der Waals surface area contributed by atoms with Crippen LogP contribution in [0.5, 0.6) is 0 Å². The average molecular weight is 370 g/mol. The van der Waals surface area contributed by atoms with Crippen LogP contribution >= 0.6 is 0 Å². The Bertz CT molecular complexity index is 678. The molecule has 1 aromatic rings. The second-order valence-corrected chi connectivity index (χ2v) is 8.73. The highest BCUT2D eigenvalue weighted by molar-refractivity contribution is 5.87. The van der Waals surface area contributed by atoms with Crippen LogP contribution in [0.4, 0.5) is 0 Å². The number of carbonyl (C=O) groups excluding carboxylic acids is 1. The van der Waals surface area contributed by atoms with Crippen LogP contribution in [0, 0.1) is 11.3 Å². The monoisotopic (exact) mass is 370 g/mol.